The van der Waals surface area contributed by atoms with E-state index in [9.17, 15) is 24.6 Å². The summed E-state index contributed by atoms with van der Waals surface area (Å²) in [5.41, 5.74) is 3.02. The van der Waals surface area contributed by atoms with Crippen molar-refractivity contribution in [1.29, 1.82) is 5.26 Å². The number of hydrogen-bond acceptors (Lipinski definition) is 5. The van der Waals surface area contributed by atoms with Crippen LogP contribution in [0.5, 0.6) is 0 Å². The van der Waals surface area contributed by atoms with Crippen LogP contribution in [0.2, 0.25) is 0 Å². The number of nitriles is 1. The van der Waals surface area contributed by atoms with Crippen molar-refractivity contribution in [3.05, 3.63) is 78.1 Å². The number of nitrogens with zero attached hydrogens (tertiary/aromatic N) is 2. The number of amides is 2. The largest absolute Gasteiger partial charge is 0.481 e. The number of benzene rings is 2. The Morgan fingerprint density at radius 2 is 1.55 bits per heavy atom. The molecular weight excluding hydrogens is 484 g/mol. The van der Waals surface area contributed by atoms with E-state index in [4.69, 9.17) is 5.26 Å². The zero-order chi connectivity index (χ0) is 28.0. The first-order chi connectivity index (χ1) is 18.0. The minimum absolute atomic E-state index is 0.393. The van der Waals surface area contributed by atoms with E-state index in [-0.39, 0.29) is 0 Å². The van der Waals surface area contributed by atoms with Gasteiger partial charge in [-0.05, 0) is 52.4 Å². The molecule has 0 radical (unpaired) electrons. The van der Waals surface area contributed by atoms with Crippen molar-refractivity contribution in [1.82, 2.24) is 15.2 Å². The molecule has 0 bridgehead atoms. The number of likely N-dealkylation sites (N-methyl/N-ethyl adjacent to an activating group) is 1. The summed E-state index contributed by atoms with van der Waals surface area (Å²) in [4.78, 5) is 37.9. The number of aliphatic hydroxyl groups excluding tert-OH is 1. The number of carbonyl (C=O) groups excluding carboxylic acids is 2. The predicted octanol–water partition coefficient (Wildman–Crippen LogP) is 3.07. The number of carboxylic acid groups (broad SMARTS) is 1. The highest BCUT2D eigenvalue weighted by atomic mass is 16.4. The second-order valence-corrected chi connectivity index (χ2v) is 10.1. The smallest absolute Gasteiger partial charge is 0.309 e. The van der Waals surface area contributed by atoms with Gasteiger partial charge >= 0.3 is 5.97 Å². The summed E-state index contributed by atoms with van der Waals surface area (Å²) in [5.74, 6) is -5.02. The number of hydrogen-bond donors (Lipinski definition) is 4. The van der Waals surface area contributed by atoms with E-state index in [2.05, 4.69) is 16.7 Å². The van der Waals surface area contributed by atoms with Crippen molar-refractivity contribution in [2.24, 2.45) is 11.3 Å². The number of aliphatic hydroxyl groups is 1. The molecule has 38 heavy (non-hydrogen) atoms. The molecule has 1 aromatic heterocycles. The van der Waals surface area contributed by atoms with Gasteiger partial charge in [-0.25, -0.2) is 0 Å². The third-order valence-corrected chi connectivity index (χ3v) is 6.45. The molecule has 0 aliphatic rings. The van der Waals surface area contributed by atoms with E-state index in [0.717, 1.165) is 16.8 Å². The maximum Gasteiger partial charge on any atom is 0.309 e. The molecule has 0 fully saturated rings. The molecule has 9 heteroatoms. The molecule has 0 aliphatic heterocycles. The number of rotatable bonds is 9. The Kier molecular flexibility index (Phi) is 8.71. The molecular formula is C29H32N4O5. The van der Waals surface area contributed by atoms with E-state index >= 15 is 0 Å². The molecule has 198 valence electrons. The van der Waals surface area contributed by atoms with Gasteiger partial charge in [0.05, 0.1) is 30.1 Å². The summed E-state index contributed by atoms with van der Waals surface area (Å²) in [6, 6.07) is 17.7. The molecule has 2 amide bonds. The first-order valence-electron chi connectivity index (χ1n) is 12.1. The average Bonchev–Trinajstić information content (AvgIpc) is 3.38. The van der Waals surface area contributed by atoms with Crippen molar-refractivity contribution < 1.29 is 24.6 Å². The molecule has 0 saturated carbocycles. The quantitative estimate of drug-likeness (QED) is 0.344. The lowest BCUT2D eigenvalue weighted by Crippen LogP contribution is -2.54. The van der Waals surface area contributed by atoms with Crippen LogP contribution in [0.4, 0.5) is 0 Å². The summed E-state index contributed by atoms with van der Waals surface area (Å²) >= 11 is 0. The predicted molar refractivity (Wildman–Crippen MR) is 142 cm³/mol. The first kappa shape index (κ1) is 28.2. The Bertz CT molecular complexity index is 1330. The third-order valence-electron chi connectivity index (χ3n) is 6.45. The van der Waals surface area contributed by atoms with Gasteiger partial charge in [0.25, 0.3) is 0 Å². The molecule has 3 aromatic rings. The van der Waals surface area contributed by atoms with Crippen LogP contribution in [0.3, 0.4) is 0 Å². The standard InChI is InChI=1S/C29H32N4O5/c1-29(2,3)25(27(36)31-4)32-26(35)24(23(17-34)28(37)38)21-13-14-33(16-21)22-11-9-20(10-12-22)19-7-5-18(15-30)6-8-19/h5-14,16,23-25,34H,17H2,1-4H3,(H,31,36)(H,32,35)(H,37,38)/t23?,24?,25-/m1/s1. The van der Waals surface area contributed by atoms with Crippen LogP contribution in [0.25, 0.3) is 16.8 Å². The van der Waals surface area contributed by atoms with Crippen LogP contribution >= 0.6 is 0 Å². The van der Waals surface area contributed by atoms with Gasteiger partial charge in [0.1, 0.15) is 6.04 Å². The summed E-state index contributed by atoms with van der Waals surface area (Å²) in [6.45, 7) is 4.63. The molecule has 0 spiro atoms. The molecule has 0 saturated heterocycles. The molecule has 2 aromatic carbocycles. The lowest BCUT2D eigenvalue weighted by molar-refractivity contribution is -0.147. The van der Waals surface area contributed by atoms with Crippen LogP contribution in [0, 0.1) is 22.7 Å². The van der Waals surface area contributed by atoms with Crippen molar-refractivity contribution in [2.75, 3.05) is 13.7 Å². The van der Waals surface area contributed by atoms with E-state index in [1.807, 2.05) is 36.4 Å². The van der Waals surface area contributed by atoms with Gasteiger partial charge in [-0.3, -0.25) is 14.4 Å². The highest BCUT2D eigenvalue weighted by Gasteiger charge is 2.39. The number of carbonyl (C=O) groups is 3. The van der Waals surface area contributed by atoms with Gasteiger partial charge < -0.3 is 25.4 Å². The maximum atomic E-state index is 13.4. The Labute approximate surface area is 221 Å². The van der Waals surface area contributed by atoms with E-state index < -0.39 is 47.7 Å². The summed E-state index contributed by atoms with van der Waals surface area (Å²) in [6.07, 6.45) is 3.36. The molecule has 3 rings (SSSR count). The molecule has 0 aliphatic carbocycles. The Morgan fingerprint density at radius 3 is 2.03 bits per heavy atom. The lowest BCUT2D eigenvalue weighted by Gasteiger charge is -2.32. The van der Waals surface area contributed by atoms with Crippen molar-refractivity contribution in [3.8, 4) is 22.9 Å². The fourth-order valence-electron chi connectivity index (χ4n) is 4.27. The van der Waals surface area contributed by atoms with E-state index in [1.54, 1.807) is 55.9 Å². The highest BCUT2D eigenvalue weighted by Crippen LogP contribution is 2.29. The number of carboxylic acids is 1. The highest BCUT2D eigenvalue weighted by molar-refractivity contribution is 5.93. The fourth-order valence-corrected chi connectivity index (χ4v) is 4.27. The average molecular weight is 517 g/mol. The minimum Gasteiger partial charge on any atom is -0.481 e. The number of nitrogens with one attached hydrogen (secondary N) is 2. The van der Waals surface area contributed by atoms with Gasteiger partial charge in [0.15, 0.2) is 0 Å². The zero-order valence-corrected chi connectivity index (χ0v) is 21.8. The Hall–Kier alpha value is -4.42. The Morgan fingerprint density at radius 1 is 0.974 bits per heavy atom. The fraction of sp³-hybridized carbons (Fsp3) is 0.310. The molecule has 9 nitrogen and oxygen atoms in total. The summed E-state index contributed by atoms with van der Waals surface area (Å²) in [7, 11) is 1.46. The lowest BCUT2D eigenvalue weighted by atomic mass is 9.83. The van der Waals surface area contributed by atoms with Crippen LogP contribution in [0.1, 0.15) is 37.8 Å². The second-order valence-electron chi connectivity index (χ2n) is 10.1. The Balaban J connectivity index is 1.92. The van der Waals surface area contributed by atoms with Crippen molar-refractivity contribution in [3.63, 3.8) is 0 Å². The van der Waals surface area contributed by atoms with Gasteiger partial charge in [0.2, 0.25) is 11.8 Å². The normalized spacial score (nSPS) is 13.6. The van der Waals surface area contributed by atoms with Gasteiger partial charge in [-0.1, -0.05) is 45.0 Å². The minimum atomic E-state index is -1.41. The zero-order valence-electron chi connectivity index (χ0n) is 21.8. The SMILES string of the molecule is CNC(=O)[C@@H](NC(=O)C(c1ccn(-c2ccc(-c3ccc(C#N)cc3)cc2)c1)C(CO)C(=O)O)C(C)(C)C. The van der Waals surface area contributed by atoms with E-state index in [0.29, 0.717) is 11.1 Å². The van der Waals surface area contributed by atoms with Crippen LogP contribution in [0.15, 0.2) is 67.0 Å². The van der Waals surface area contributed by atoms with Crippen LogP contribution in [-0.4, -0.2) is 52.3 Å². The molecule has 2 unspecified atom stereocenters. The van der Waals surface area contributed by atoms with Crippen molar-refractivity contribution in [2.45, 2.75) is 32.7 Å². The number of aromatic nitrogens is 1. The third kappa shape index (κ3) is 6.28. The van der Waals surface area contributed by atoms with Crippen molar-refractivity contribution >= 4 is 17.8 Å². The first-order valence-corrected chi connectivity index (χ1v) is 12.1. The monoisotopic (exact) mass is 516 g/mol. The second kappa shape index (κ2) is 11.8. The number of aliphatic carboxylic acids is 1. The molecule has 4 N–H and O–H groups in total. The maximum absolute atomic E-state index is 13.4. The molecule has 1 heterocycles. The summed E-state index contributed by atoms with van der Waals surface area (Å²) < 4.78 is 1.76. The topological polar surface area (TPSA) is 144 Å². The van der Waals surface area contributed by atoms with E-state index in [1.165, 1.54) is 7.05 Å². The van der Waals surface area contributed by atoms with Gasteiger partial charge in [0, 0.05) is 25.1 Å². The van der Waals surface area contributed by atoms with Gasteiger partial charge in [-0.2, -0.15) is 5.26 Å². The van der Waals surface area contributed by atoms with Gasteiger partial charge in [-0.15, -0.1) is 0 Å². The van der Waals surface area contributed by atoms with Crippen LogP contribution < -0.4 is 10.6 Å². The molecule has 3 atom stereocenters. The summed E-state index contributed by atoms with van der Waals surface area (Å²) in [5, 5.41) is 33.8. The van der Waals surface area contributed by atoms with Crippen LogP contribution in [-0.2, 0) is 14.4 Å².